The van der Waals surface area contributed by atoms with Crippen molar-refractivity contribution < 1.29 is 22.6 Å². The Morgan fingerprint density at radius 2 is 1.73 bits per heavy atom. The van der Waals surface area contributed by atoms with Gasteiger partial charge in [0.25, 0.3) is 0 Å². The highest BCUT2D eigenvalue weighted by molar-refractivity contribution is 5.98. The number of benzene rings is 2. The molecule has 0 bridgehead atoms. The van der Waals surface area contributed by atoms with E-state index in [1.807, 2.05) is 24.3 Å². The van der Waals surface area contributed by atoms with E-state index in [1.54, 1.807) is 0 Å². The lowest BCUT2D eigenvalue weighted by atomic mass is 9.86. The van der Waals surface area contributed by atoms with Crippen molar-refractivity contribution in [2.45, 2.75) is 32.2 Å². The summed E-state index contributed by atoms with van der Waals surface area (Å²) in [5.41, 5.74) is 1.64. The minimum atomic E-state index is -1.32. The van der Waals surface area contributed by atoms with Crippen LogP contribution in [-0.4, -0.2) is 19.6 Å². The summed E-state index contributed by atoms with van der Waals surface area (Å²) in [6, 6.07) is 7.93. The highest BCUT2D eigenvalue weighted by Crippen LogP contribution is 2.33. The van der Waals surface area contributed by atoms with Crippen LogP contribution in [0.3, 0.4) is 0 Å². The molecule has 26 heavy (non-hydrogen) atoms. The molecule has 0 aromatic heterocycles. The molecule has 0 spiro atoms. The molecule has 1 heterocycles. The van der Waals surface area contributed by atoms with Crippen molar-refractivity contribution in [3.63, 3.8) is 0 Å². The Morgan fingerprint density at radius 3 is 2.31 bits per heavy atom. The van der Waals surface area contributed by atoms with E-state index < -0.39 is 28.8 Å². The van der Waals surface area contributed by atoms with Crippen LogP contribution in [0.1, 0.15) is 43.5 Å². The van der Waals surface area contributed by atoms with Crippen LogP contribution in [0.4, 0.5) is 13.2 Å². The number of rotatable bonds is 3. The van der Waals surface area contributed by atoms with Gasteiger partial charge in [0.2, 0.25) is 5.90 Å². The second-order valence-electron chi connectivity index (χ2n) is 7.20. The standard InChI is InChI=1S/C20H20F3NO2/c1-20(2,3)12-7-5-11(6-8-12)15-10-26-19(24-15)16-17(23)13(21)9-14(22)18(16)25-4/h5-9,15H,10H2,1-4H3. The molecule has 2 aromatic carbocycles. The fourth-order valence-electron chi connectivity index (χ4n) is 2.86. The zero-order valence-corrected chi connectivity index (χ0v) is 15.1. The zero-order chi connectivity index (χ0) is 19.1. The topological polar surface area (TPSA) is 30.8 Å². The first kappa shape index (κ1) is 18.3. The van der Waals surface area contributed by atoms with Gasteiger partial charge in [-0.15, -0.1) is 0 Å². The molecule has 138 valence electrons. The van der Waals surface area contributed by atoms with Crippen molar-refractivity contribution >= 4 is 5.90 Å². The van der Waals surface area contributed by atoms with Crippen LogP contribution in [0.5, 0.6) is 5.75 Å². The van der Waals surface area contributed by atoms with Crippen LogP contribution >= 0.6 is 0 Å². The van der Waals surface area contributed by atoms with Gasteiger partial charge >= 0.3 is 0 Å². The average Bonchev–Trinajstić information content (AvgIpc) is 3.06. The van der Waals surface area contributed by atoms with Gasteiger partial charge in [-0.25, -0.2) is 18.2 Å². The molecular weight excluding hydrogens is 343 g/mol. The maximum Gasteiger partial charge on any atom is 0.223 e. The van der Waals surface area contributed by atoms with Crippen LogP contribution in [0.15, 0.2) is 35.3 Å². The third kappa shape index (κ3) is 3.28. The number of methoxy groups -OCH3 is 1. The predicted molar refractivity (Wildman–Crippen MR) is 93.2 cm³/mol. The Bertz CT molecular complexity index is 855. The molecule has 3 nitrogen and oxygen atoms in total. The van der Waals surface area contributed by atoms with Crippen LogP contribution in [0, 0.1) is 17.5 Å². The molecule has 0 saturated carbocycles. The van der Waals surface area contributed by atoms with Gasteiger partial charge in [0.1, 0.15) is 18.2 Å². The molecule has 1 aliphatic rings. The van der Waals surface area contributed by atoms with Crippen molar-refractivity contribution in [3.8, 4) is 5.75 Å². The molecule has 0 N–H and O–H groups in total. The molecule has 0 radical (unpaired) electrons. The van der Waals surface area contributed by atoms with Gasteiger partial charge in [-0.1, -0.05) is 45.0 Å². The first-order valence-electron chi connectivity index (χ1n) is 8.25. The van der Waals surface area contributed by atoms with Crippen molar-refractivity contribution in [2.24, 2.45) is 4.99 Å². The highest BCUT2D eigenvalue weighted by Gasteiger charge is 2.30. The van der Waals surface area contributed by atoms with Crippen LogP contribution in [-0.2, 0) is 10.2 Å². The quantitative estimate of drug-likeness (QED) is 0.724. The summed E-state index contributed by atoms with van der Waals surface area (Å²) in [4.78, 5) is 4.31. The normalized spacial score (nSPS) is 17.0. The summed E-state index contributed by atoms with van der Waals surface area (Å²) in [7, 11) is 1.18. The maximum absolute atomic E-state index is 14.2. The summed E-state index contributed by atoms with van der Waals surface area (Å²) < 4.78 is 52.0. The van der Waals surface area contributed by atoms with Gasteiger partial charge in [0, 0.05) is 6.07 Å². The first-order valence-corrected chi connectivity index (χ1v) is 8.25. The fraction of sp³-hybridized carbons (Fsp3) is 0.350. The van der Waals surface area contributed by atoms with Crippen molar-refractivity contribution in [2.75, 3.05) is 13.7 Å². The lowest BCUT2D eigenvalue weighted by Crippen LogP contribution is -2.11. The molecule has 1 atom stereocenters. The van der Waals surface area contributed by atoms with Crippen molar-refractivity contribution in [3.05, 3.63) is 64.5 Å². The summed E-state index contributed by atoms with van der Waals surface area (Å²) in [6.45, 7) is 6.50. The summed E-state index contributed by atoms with van der Waals surface area (Å²) in [5.74, 6) is -4.16. The first-order chi connectivity index (χ1) is 12.2. The van der Waals surface area contributed by atoms with E-state index in [-0.39, 0.29) is 24.0 Å². The molecular formula is C20H20F3NO2. The van der Waals surface area contributed by atoms with Gasteiger partial charge in [0.05, 0.1) is 7.11 Å². The maximum atomic E-state index is 14.2. The number of ether oxygens (including phenoxy) is 2. The Hall–Kier alpha value is -2.50. The molecule has 3 rings (SSSR count). The second kappa shape index (κ2) is 6.67. The summed E-state index contributed by atoms with van der Waals surface area (Å²) >= 11 is 0. The Balaban J connectivity index is 1.96. The number of hydrogen-bond donors (Lipinski definition) is 0. The van der Waals surface area contributed by atoms with E-state index in [4.69, 9.17) is 9.47 Å². The van der Waals surface area contributed by atoms with E-state index in [1.165, 1.54) is 12.7 Å². The molecule has 0 fully saturated rings. The third-order valence-corrected chi connectivity index (χ3v) is 4.36. The molecule has 2 aromatic rings. The molecule has 1 unspecified atom stereocenters. The van der Waals surface area contributed by atoms with Gasteiger partial charge in [-0.3, -0.25) is 0 Å². The number of halogens is 3. The third-order valence-electron chi connectivity index (χ3n) is 4.36. The minimum absolute atomic E-state index is 0.0225. The van der Waals surface area contributed by atoms with Gasteiger partial charge in [0.15, 0.2) is 23.2 Å². The summed E-state index contributed by atoms with van der Waals surface area (Å²) in [5, 5.41) is 0. The lowest BCUT2D eigenvalue weighted by Gasteiger charge is -2.19. The second-order valence-corrected chi connectivity index (χ2v) is 7.20. The van der Waals surface area contributed by atoms with Gasteiger partial charge in [-0.05, 0) is 16.5 Å². The lowest BCUT2D eigenvalue weighted by molar-refractivity contribution is 0.314. The Labute approximate surface area is 150 Å². The van der Waals surface area contributed by atoms with E-state index in [2.05, 4.69) is 25.8 Å². The van der Waals surface area contributed by atoms with Crippen LogP contribution in [0.2, 0.25) is 0 Å². The molecule has 6 heteroatoms. The van der Waals surface area contributed by atoms with Crippen LogP contribution in [0.25, 0.3) is 0 Å². The van der Waals surface area contributed by atoms with Gasteiger partial charge in [-0.2, -0.15) is 0 Å². The molecule has 0 aliphatic carbocycles. The minimum Gasteiger partial charge on any atom is -0.493 e. The van der Waals surface area contributed by atoms with Crippen LogP contribution < -0.4 is 4.74 Å². The van der Waals surface area contributed by atoms with E-state index >= 15 is 0 Å². The Morgan fingerprint density at radius 1 is 1.08 bits per heavy atom. The van der Waals surface area contributed by atoms with E-state index in [9.17, 15) is 13.2 Å². The van der Waals surface area contributed by atoms with E-state index in [0.717, 1.165) is 5.56 Å². The largest absolute Gasteiger partial charge is 0.493 e. The monoisotopic (exact) mass is 363 g/mol. The Kier molecular flexibility index (Phi) is 4.69. The van der Waals surface area contributed by atoms with E-state index in [0.29, 0.717) is 6.07 Å². The van der Waals surface area contributed by atoms with Gasteiger partial charge < -0.3 is 9.47 Å². The zero-order valence-electron chi connectivity index (χ0n) is 15.1. The molecule has 0 amide bonds. The number of nitrogens with zero attached hydrogens (tertiary/aromatic N) is 1. The molecule has 1 aliphatic heterocycles. The smallest absolute Gasteiger partial charge is 0.223 e. The predicted octanol–water partition coefficient (Wildman–Crippen LogP) is 4.93. The SMILES string of the molecule is COc1c(F)cc(F)c(F)c1C1=NC(c2ccc(C(C)(C)C)cc2)CO1. The number of hydrogen-bond acceptors (Lipinski definition) is 3. The fourth-order valence-corrected chi connectivity index (χ4v) is 2.86. The highest BCUT2D eigenvalue weighted by atomic mass is 19.2. The molecule has 0 saturated heterocycles. The average molecular weight is 363 g/mol. The van der Waals surface area contributed by atoms with Crippen molar-refractivity contribution in [1.29, 1.82) is 0 Å². The number of aliphatic imine (C=N–C) groups is 1. The summed E-state index contributed by atoms with van der Waals surface area (Å²) in [6.07, 6.45) is 0. The van der Waals surface area contributed by atoms with Crippen molar-refractivity contribution in [1.82, 2.24) is 0 Å².